The largest absolute Gasteiger partial charge is 0.392 e. The predicted molar refractivity (Wildman–Crippen MR) is 68.5 cm³/mol. The second-order valence-corrected chi connectivity index (χ2v) is 4.43. The average molecular weight is 221 g/mol. The quantitative estimate of drug-likeness (QED) is 0.774. The fraction of sp³-hybridized carbons (Fsp3) is 0.571. The van der Waals surface area contributed by atoms with Crippen LogP contribution in [0.2, 0.25) is 0 Å². The van der Waals surface area contributed by atoms with Gasteiger partial charge in [0.2, 0.25) is 0 Å². The Morgan fingerprint density at radius 3 is 2.62 bits per heavy atom. The van der Waals surface area contributed by atoms with Gasteiger partial charge in [0.25, 0.3) is 0 Å². The summed E-state index contributed by atoms with van der Waals surface area (Å²) in [7, 11) is 0. The van der Waals surface area contributed by atoms with Crippen LogP contribution in [0.15, 0.2) is 24.3 Å². The van der Waals surface area contributed by atoms with Crippen molar-refractivity contribution in [2.45, 2.75) is 45.8 Å². The van der Waals surface area contributed by atoms with E-state index in [4.69, 9.17) is 0 Å². The van der Waals surface area contributed by atoms with Gasteiger partial charge in [-0.05, 0) is 31.4 Å². The van der Waals surface area contributed by atoms with Gasteiger partial charge in [0, 0.05) is 12.6 Å². The molecule has 0 saturated carbocycles. The lowest BCUT2D eigenvalue weighted by Crippen LogP contribution is -2.29. The molecule has 0 bridgehead atoms. The van der Waals surface area contributed by atoms with Crippen LogP contribution >= 0.6 is 0 Å². The summed E-state index contributed by atoms with van der Waals surface area (Å²) < 4.78 is 0. The number of rotatable bonds is 6. The minimum Gasteiger partial charge on any atom is -0.392 e. The molecule has 0 aliphatic carbocycles. The third-order valence-corrected chi connectivity index (χ3v) is 2.94. The fourth-order valence-electron chi connectivity index (χ4n) is 1.93. The summed E-state index contributed by atoms with van der Waals surface area (Å²) in [6.07, 6.45) is 1.67. The summed E-state index contributed by atoms with van der Waals surface area (Å²) in [5.41, 5.74) is 2.61. The highest BCUT2D eigenvalue weighted by Gasteiger charge is 2.09. The van der Waals surface area contributed by atoms with Gasteiger partial charge in [-0.15, -0.1) is 0 Å². The van der Waals surface area contributed by atoms with Crippen LogP contribution in [0.1, 0.15) is 43.9 Å². The van der Waals surface area contributed by atoms with E-state index in [1.165, 1.54) is 11.1 Å². The SMILES string of the molecule is CCCC(O)CNC(C)c1ccccc1C. The Kier molecular flexibility index (Phi) is 5.50. The van der Waals surface area contributed by atoms with Crippen LogP contribution in [0.25, 0.3) is 0 Å². The smallest absolute Gasteiger partial charge is 0.0664 e. The minimum atomic E-state index is -0.225. The maximum Gasteiger partial charge on any atom is 0.0664 e. The molecule has 2 N–H and O–H groups in total. The van der Waals surface area contributed by atoms with E-state index in [1.54, 1.807) is 0 Å². The Morgan fingerprint density at radius 1 is 1.31 bits per heavy atom. The number of aryl methyl sites for hydroxylation is 1. The molecule has 1 aromatic carbocycles. The second-order valence-electron chi connectivity index (χ2n) is 4.43. The summed E-state index contributed by atoms with van der Waals surface area (Å²) in [5, 5.41) is 13.0. The van der Waals surface area contributed by atoms with Crippen molar-refractivity contribution in [3.63, 3.8) is 0 Å². The molecule has 2 atom stereocenters. The van der Waals surface area contributed by atoms with E-state index in [9.17, 15) is 5.11 Å². The molecule has 2 nitrogen and oxygen atoms in total. The van der Waals surface area contributed by atoms with Crippen molar-refractivity contribution in [2.75, 3.05) is 6.54 Å². The first-order valence-electron chi connectivity index (χ1n) is 6.12. The first-order chi connectivity index (χ1) is 7.65. The van der Waals surface area contributed by atoms with Gasteiger partial charge in [-0.2, -0.15) is 0 Å². The lowest BCUT2D eigenvalue weighted by Gasteiger charge is -2.18. The van der Waals surface area contributed by atoms with Crippen LogP contribution in [0.4, 0.5) is 0 Å². The van der Waals surface area contributed by atoms with Crippen LogP contribution in [0.5, 0.6) is 0 Å². The number of aliphatic hydroxyl groups is 1. The van der Waals surface area contributed by atoms with E-state index in [2.05, 4.69) is 50.4 Å². The highest BCUT2D eigenvalue weighted by Crippen LogP contribution is 2.16. The van der Waals surface area contributed by atoms with E-state index >= 15 is 0 Å². The average Bonchev–Trinajstić information content (AvgIpc) is 2.27. The molecule has 0 amide bonds. The Balaban J connectivity index is 2.46. The van der Waals surface area contributed by atoms with Crippen molar-refractivity contribution < 1.29 is 5.11 Å². The third kappa shape index (κ3) is 3.95. The summed E-state index contributed by atoms with van der Waals surface area (Å²) in [6, 6.07) is 8.67. The van der Waals surface area contributed by atoms with Gasteiger partial charge in [-0.3, -0.25) is 0 Å². The number of aliphatic hydroxyl groups excluding tert-OH is 1. The lowest BCUT2D eigenvalue weighted by molar-refractivity contribution is 0.157. The van der Waals surface area contributed by atoms with Gasteiger partial charge in [0.05, 0.1) is 6.10 Å². The summed E-state index contributed by atoms with van der Waals surface area (Å²) in [6.45, 7) is 7.02. The van der Waals surface area contributed by atoms with Gasteiger partial charge in [-0.1, -0.05) is 37.6 Å². The molecule has 0 aromatic heterocycles. The first kappa shape index (κ1) is 13.2. The maximum absolute atomic E-state index is 9.65. The monoisotopic (exact) mass is 221 g/mol. The molecular formula is C14H23NO. The van der Waals surface area contributed by atoms with Crippen LogP contribution in [-0.4, -0.2) is 17.8 Å². The zero-order valence-electron chi connectivity index (χ0n) is 10.5. The van der Waals surface area contributed by atoms with Gasteiger partial charge >= 0.3 is 0 Å². The third-order valence-electron chi connectivity index (χ3n) is 2.94. The summed E-state index contributed by atoms with van der Waals surface area (Å²) in [4.78, 5) is 0. The molecule has 16 heavy (non-hydrogen) atoms. The molecule has 90 valence electrons. The highest BCUT2D eigenvalue weighted by molar-refractivity contribution is 5.28. The predicted octanol–water partition coefficient (Wildman–Crippen LogP) is 2.81. The molecule has 2 heteroatoms. The van der Waals surface area contributed by atoms with Crippen molar-refractivity contribution in [1.29, 1.82) is 0 Å². The van der Waals surface area contributed by atoms with Crippen LogP contribution < -0.4 is 5.32 Å². The van der Waals surface area contributed by atoms with E-state index < -0.39 is 0 Å². The zero-order chi connectivity index (χ0) is 12.0. The Morgan fingerprint density at radius 2 is 2.00 bits per heavy atom. The van der Waals surface area contributed by atoms with E-state index in [1.807, 2.05) is 0 Å². The normalized spacial score (nSPS) is 14.8. The summed E-state index contributed by atoms with van der Waals surface area (Å²) in [5.74, 6) is 0. The van der Waals surface area contributed by atoms with Crippen molar-refractivity contribution in [3.8, 4) is 0 Å². The molecule has 0 radical (unpaired) electrons. The molecule has 0 heterocycles. The lowest BCUT2D eigenvalue weighted by atomic mass is 10.0. The number of benzene rings is 1. The van der Waals surface area contributed by atoms with E-state index in [-0.39, 0.29) is 6.10 Å². The molecule has 1 rings (SSSR count). The van der Waals surface area contributed by atoms with Crippen LogP contribution in [0, 0.1) is 6.92 Å². The Bertz CT molecular complexity index is 311. The zero-order valence-corrected chi connectivity index (χ0v) is 10.5. The molecule has 0 fully saturated rings. The Hall–Kier alpha value is -0.860. The molecule has 2 unspecified atom stereocenters. The molecule has 0 saturated heterocycles. The highest BCUT2D eigenvalue weighted by atomic mass is 16.3. The van der Waals surface area contributed by atoms with Gasteiger partial charge in [-0.25, -0.2) is 0 Å². The van der Waals surface area contributed by atoms with Crippen molar-refractivity contribution in [1.82, 2.24) is 5.32 Å². The number of hydrogen-bond donors (Lipinski definition) is 2. The number of nitrogens with one attached hydrogen (secondary N) is 1. The molecule has 1 aromatic rings. The second kappa shape index (κ2) is 6.66. The maximum atomic E-state index is 9.65. The van der Waals surface area contributed by atoms with Crippen molar-refractivity contribution in [3.05, 3.63) is 35.4 Å². The molecular weight excluding hydrogens is 198 g/mol. The molecule has 0 spiro atoms. The topological polar surface area (TPSA) is 32.3 Å². The van der Waals surface area contributed by atoms with Gasteiger partial charge < -0.3 is 10.4 Å². The Labute approximate surface area is 98.7 Å². The molecule has 0 aliphatic heterocycles. The minimum absolute atomic E-state index is 0.225. The van der Waals surface area contributed by atoms with Gasteiger partial charge in [0.1, 0.15) is 0 Å². The standard InChI is InChI=1S/C14H23NO/c1-4-7-13(16)10-15-12(3)14-9-6-5-8-11(14)2/h5-6,8-9,12-13,15-16H,4,7,10H2,1-3H3. The summed E-state index contributed by atoms with van der Waals surface area (Å²) >= 11 is 0. The first-order valence-corrected chi connectivity index (χ1v) is 6.12. The van der Waals surface area contributed by atoms with Crippen LogP contribution in [-0.2, 0) is 0 Å². The fourth-order valence-corrected chi connectivity index (χ4v) is 1.93. The number of hydrogen-bond acceptors (Lipinski definition) is 2. The van der Waals surface area contributed by atoms with Crippen LogP contribution in [0.3, 0.4) is 0 Å². The van der Waals surface area contributed by atoms with Gasteiger partial charge in [0.15, 0.2) is 0 Å². The van der Waals surface area contributed by atoms with Crippen molar-refractivity contribution in [2.24, 2.45) is 0 Å². The van der Waals surface area contributed by atoms with E-state index in [0.717, 1.165) is 12.8 Å². The molecule has 0 aliphatic rings. The van der Waals surface area contributed by atoms with E-state index in [0.29, 0.717) is 12.6 Å². The van der Waals surface area contributed by atoms with Crippen molar-refractivity contribution >= 4 is 0 Å².